The second-order valence-corrected chi connectivity index (χ2v) is 4.40. The maximum absolute atomic E-state index is 10.8. The molecule has 0 radical (unpaired) electrons. The minimum absolute atomic E-state index is 0.344. The molecule has 0 aliphatic rings. The van der Waals surface area contributed by atoms with Gasteiger partial charge in [-0.3, -0.25) is 9.89 Å². The molecule has 6 nitrogen and oxygen atoms in total. The monoisotopic (exact) mass is 290 g/mol. The van der Waals surface area contributed by atoms with Crippen molar-refractivity contribution in [2.45, 2.75) is 20.3 Å². The Labute approximate surface area is 121 Å². The predicted molar refractivity (Wildman–Crippen MR) is 77.5 cm³/mol. The van der Waals surface area contributed by atoms with Crippen molar-refractivity contribution < 1.29 is 9.53 Å². The van der Waals surface area contributed by atoms with E-state index in [2.05, 4.69) is 15.3 Å². The van der Waals surface area contributed by atoms with Crippen molar-refractivity contribution >= 4 is 24.4 Å². The molecule has 0 bridgehead atoms. The number of hydrogen-bond acceptors (Lipinski definition) is 5. The molecular weight excluding hydrogens is 276 g/mol. The molecule has 0 unspecified atom stereocenters. The number of nitrogens with zero attached hydrogens (tertiary/aromatic N) is 3. The lowest BCUT2D eigenvalue weighted by atomic mass is 10.2. The number of aryl methyl sites for hydroxylation is 1. The van der Waals surface area contributed by atoms with Crippen LogP contribution in [0.25, 0.3) is 0 Å². The van der Waals surface area contributed by atoms with Crippen LogP contribution in [0.15, 0.2) is 29.4 Å². The molecule has 1 aromatic heterocycles. The highest BCUT2D eigenvalue weighted by atomic mass is 32.1. The van der Waals surface area contributed by atoms with Crippen LogP contribution in [0.3, 0.4) is 0 Å². The summed E-state index contributed by atoms with van der Waals surface area (Å²) in [5, 5.41) is 11.1. The van der Waals surface area contributed by atoms with Gasteiger partial charge in [0.15, 0.2) is 5.82 Å². The van der Waals surface area contributed by atoms with Crippen LogP contribution in [0.1, 0.15) is 25.2 Å². The summed E-state index contributed by atoms with van der Waals surface area (Å²) in [4.78, 5) is 10.8. The van der Waals surface area contributed by atoms with Crippen LogP contribution in [0.5, 0.6) is 5.75 Å². The standard InChI is InChI=1S/C13H14N4O2S/c1-3-12-15-16-13(20)17(12)14-8-10-4-6-11(7-5-10)19-9(2)18/h4-8H,3H2,1-2H3,(H,16,20)/b14-8-. The first-order valence-electron chi connectivity index (χ1n) is 6.09. The normalized spacial score (nSPS) is 10.9. The molecule has 0 aliphatic carbocycles. The van der Waals surface area contributed by atoms with E-state index in [0.717, 1.165) is 17.8 Å². The zero-order valence-electron chi connectivity index (χ0n) is 11.2. The van der Waals surface area contributed by atoms with Gasteiger partial charge in [0.2, 0.25) is 4.77 Å². The van der Waals surface area contributed by atoms with Gasteiger partial charge in [0.25, 0.3) is 0 Å². The van der Waals surface area contributed by atoms with Crippen molar-refractivity contribution in [3.63, 3.8) is 0 Å². The van der Waals surface area contributed by atoms with Crippen molar-refractivity contribution in [2.24, 2.45) is 5.10 Å². The number of aromatic amines is 1. The van der Waals surface area contributed by atoms with Gasteiger partial charge in [-0.15, -0.1) is 0 Å². The molecule has 1 aromatic carbocycles. The third-order valence-corrected chi connectivity index (χ3v) is 2.76. The summed E-state index contributed by atoms with van der Waals surface area (Å²) < 4.78 is 6.99. The number of benzene rings is 1. The fourth-order valence-electron chi connectivity index (χ4n) is 1.58. The van der Waals surface area contributed by atoms with Gasteiger partial charge in [-0.05, 0) is 42.0 Å². The minimum atomic E-state index is -0.344. The fourth-order valence-corrected chi connectivity index (χ4v) is 1.78. The Morgan fingerprint density at radius 2 is 2.20 bits per heavy atom. The number of hydrogen-bond donors (Lipinski definition) is 1. The first kappa shape index (κ1) is 14.1. The van der Waals surface area contributed by atoms with Crippen LogP contribution in [0.4, 0.5) is 0 Å². The fraction of sp³-hybridized carbons (Fsp3) is 0.231. The number of ether oxygens (including phenoxy) is 1. The molecule has 0 spiro atoms. The van der Waals surface area contributed by atoms with Crippen LogP contribution < -0.4 is 4.74 Å². The molecule has 0 saturated carbocycles. The largest absolute Gasteiger partial charge is 0.427 e. The van der Waals surface area contributed by atoms with Gasteiger partial charge in [0.1, 0.15) is 5.75 Å². The lowest BCUT2D eigenvalue weighted by Crippen LogP contribution is -2.01. The van der Waals surface area contributed by atoms with Gasteiger partial charge in [-0.25, -0.2) is 0 Å². The van der Waals surface area contributed by atoms with Crippen LogP contribution in [-0.4, -0.2) is 27.1 Å². The van der Waals surface area contributed by atoms with Gasteiger partial charge in [0.05, 0.1) is 6.21 Å². The number of aromatic nitrogens is 3. The lowest BCUT2D eigenvalue weighted by Gasteiger charge is -2.01. The number of carbonyl (C=O) groups excluding carboxylic acids is 1. The first-order valence-corrected chi connectivity index (χ1v) is 6.50. The molecule has 2 aromatic rings. The van der Waals surface area contributed by atoms with E-state index < -0.39 is 0 Å². The minimum Gasteiger partial charge on any atom is -0.427 e. The SMILES string of the molecule is CCc1n[nH]c(=S)n1/N=C\c1ccc(OC(C)=O)cc1. The Morgan fingerprint density at radius 1 is 1.50 bits per heavy atom. The molecule has 1 heterocycles. The molecule has 0 saturated heterocycles. The summed E-state index contributed by atoms with van der Waals surface area (Å²) in [6.07, 6.45) is 2.40. The first-order chi connectivity index (χ1) is 9.60. The third-order valence-electron chi connectivity index (χ3n) is 2.50. The van der Waals surface area contributed by atoms with E-state index in [1.165, 1.54) is 6.92 Å². The van der Waals surface area contributed by atoms with E-state index in [1.54, 1.807) is 35.2 Å². The average Bonchev–Trinajstić information content (AvgIpc) is 2.78. The van der Waals surface area contributed by atoms with Gasteiger partial charge in [-0.2, -0.15) is 14.9 Å². The molecule has 1 N–H and O–H groups in total. The molecular formula is C13H14N4O2S. The predicted octanol–water partition coefficient (Wildman–Crippen LogP) is 2.31. The van der Waals surface area contributed by atoms with Gasteiger partial charge in [0, 0.05) is 13.3 Å². The maximum atomic E-state index is 10.8. The molecule has 104 valence electrons. The summed E-state index contributed by atoms with van der Waals surface area (Å²) in [6, 6.07) is 7.02. The average molecular weight is 290 g/mol. The zero-order valence-corrected chi connectivity index (χ0v) is 12.0. The van der Waals surface area contributed by atoms with Gasteiger partial charge in [-0.1, -0.05) is 6.92 Å². The number of rotatable bonds is 4. The molecule has 0 aliphatic heterocycles. The summed E-state index contributed by atoms with van der Waals surface area (Å²) in [5.74, 6) is 0.926. The Bertz CT molecular complexity index is 685. The van der Waals surface area contributed by atoms with Crippen molar-refractivity contribution in [1.82, 2.24) is 14.9 Å². The number of esters is 1. The Balaban J connectivity index is 2.17. The molecule has 0 atom stereocenters. The summed E-state index contributed by atoms with van der Waals surface area (Å²) in [7, 11) is 0. The molecule has 0 fully saturated rings. The highest BCUT2D eigenvalue weighted by molar-refractivity contribution is 7.71. The van der Waals surface area contributed by atoms with Gasteiger partial charge < -0.3 is 4.74 Å². The van der Waals surface area contributed by atoms with E-state index in [1.807, 2.05) is 6.92 Å². The van der Waals surface area contributed by atoms with E-state index in [0.29, 0.717) is 10.5 Å². The molecule has 20 heavy (non-hydrogen) atoms. The van der Waals surface area contributed by atoms with E-state index in [-0.39, 0.29) is 5.97 Å². The lowest BCUT2D eigenvalue weighted by molar-refractivity contribution is -0.131. The summed E-state index contributed by atoms with van der Waals surface area (Å²) in [5.41, 5.74) is 0.867. The summed E-state index contributed by atoms with van der Waals surface area (Å²) in [6.45, 7) is 3.34. The Hall–Kier alpha value is -2.28. The maximum Gasteiger partial charge on any atom is 0.308 e. The van der Waals surface area contributed by atoms with Crippen molar-refractivity contribution in [2.75, 3.05) is 0 Å². The smallest absolute Gasteiger partial charge is 0.308 e. The van der Waals surface area contributed by atoms with Crippen LogP contribution in [-0.2, 0) is 11.2 Å². The van der Waals surface area contributed by atoms with Crippen LogP contribution in [0.2, 0.25) is 0 Å². The number of carbonyl (C=O) groups is 1. The van der Waals surface area contributed by atoms with E-state index in [4.69, 9.17) is 17.0 Å². The van der Waals surface area contributed by atoms with E-state index >= 15 is 0 Å². The second-order valence-electron chi connectivity index (χ2n) is 4.02. The van der Waals surface area contributed by atoms with Crippen LogP contribution >= 0.6 is 12.2 Å². The third kappa shape index (κ3) is 3.39. The highest BCUT2D eigenvalue weighted by Gasteiger charge is 2.01. The zero-order chi connectivity index (χ0) is 14.5. The molecule has 0 amide bonds. The van der Waals surface area contributed by atoms with Gasteiger partial charge >= 0.3 is 5.97 Å². The molecule has 2 rings (SSSR count). The topological polar surface area (TPSA) is 72.3 Å². The van der Waals surface area contributed by atoms with Crippen molar-refractivity contribution in [3.8, 4) is 5.75 Å². The highest BCUT2D eigenvalue weighted by Crippen LogP contribution is 2.11. The Kier molecular flexibility index (Phi) is 4.41. The number of H-pyrrole nitrogens is 1. The second kappa shape index (κ2) is 6.25. The van der Waals surface area contributed by atoms with Crippen molar-refractivity contribution in [3.05, 3.63) is 40.4 Å². The van der Waals surface area contributed by atoms with Crippen molar-refractivity contribution in [1.29, 1.82) is 0 Å². The summed E-state index contributed by atoms with van der Waals surface area (Å²) >= 11 is 5.10. The van der Waals surface area contributed by atoms with E-state index in [9.17, 15) is 4.79 Å². The number of nitrogens with one attached hydrogen (secondary N) is 1. The molecule has 7 heteroatoms. The quantitative estimate of drug-likeness (QED) is 0.406. The Morgan fingerprint density at radius 3 is 2.80 bits per heavy atom. The van der Waals surface area contributed by atoms with Crippen LogP contribution in [0, 0.1) is 4.77 Å².